The van der Waals surface area contributed by atoms with E-state index >= 15 is 4.39 Å². The number of anilines is 2. The number of fused-ring (bicyclic) bond motifs is 1. The van der Waals surface area contributed by atoms with Crippen LogP contribution in [0, 0.1) is 12.7 Å². The number of carbonyl (C=O) groups is 1. The van der Waals surface area contributed by atoms with E-state index in [1.54, 1.807) is 27.4 Å². The van der Waals surface area contributed by atoms with Crippen molar-refractivity contribution < 1.29 is 32.9 Å². The van der Waals surface area contributed by atoms with Crippen LogP contribution >= 0.6 is 11.6 Å². The molecule has 0 aliphatic carbocycles. The number of nitrogens with zero attached hydrogens (tertiary/aromatic N) is 4. The van der Waals surface area contributed by atoms with Crippen molar-refractivity contribution >= 4 is 29.1 Å². The monoisotopic (exact) mass is 636 g/mol. The van der Waals surface area contributed by atoms with Gasteiger partial charge in [0.05, 0.1) is 46.1 Å². The first-order valence-corrected chi connectivity index (χ1v) is 14.4. The highest BCUT2D eigenvalue weighted by molar-refractivity contribution is 6.32. The van der Waals surface area contributed by atoms with Gasteiger partial charge < -0.3 is 33.5 Å². The highest BCUT2D eigenvalue weighted by Gasteiger charge is 2.40. The molecule has 0 amide bonds. The number of hydrogen-bond acceptors (Lipinski definition) is 10. The van der Waals surface area contributed by atoms with Gasteiger partial charge in [-0.05, 0) is 61.4 Å². The van der Waals surface area contributed by atoms with Crippen LogP contribution in [0.1, 0.15) is 34.1 Å². The molecule has 1 unspecified atom stereocenters. The second-order valence-corrected chi connectivity index (χ2v) is 10.8. The Bertz CT molecular complexity index is 1750. The fraction of sp³-hybridized carbons (Fsp3) is 0.303. The minimum absolute atomic E-state index is 0.0147. The van der Waals surface area contributed by atoms with Crippen LogP contribution in [0.25, 0.3) is 11.4 Å². The molecule has 0 saturated heterocycles. The van der Waals surface area contributed by atoms with Crippen molar-refractivity contribution in [3.05, 3.63) is 81.8 Å². The Morgan fingerprint density at radius 1 is 0.867 bits per heavy atom. The number of aromatic nitrogens is 2. The van der Waals surface area contributed by atoms with Gasteiger partial charge in [-0.1, -0.05) is 17.7 Å². The molecule has 0 fully saturated rings. The number of benzene rings is 3. The molecule has 236 valence electrons. The maximum atomic E-state index is 15.7. The average molecular weight is 637 g/mol. The molecule has 10 nitrogen and oxygen atoms in total. The van der Waals surface area contributed by atoms with E-state index in [-0.39, 0.29) is 34.0 Å². The molecule has 1 aromatic heterocycles. The largest absolute Gasteiger partial charge is 0.497 e. The van der Waals surface area contributed by atoms with Gasteiger partial charge >= 0.3 is 5.97 Å². The fourth-order valence-electron chi connectivity index (χ4n) is 5.43. The number of halogens is 2. The summed E-state index contributed by atoms with van der Waals surface area (Å²) >= 11 is 6.17. The molecule has 5 rings (SSSR count). The lowest BCUT2D eigenvalue weighted by molar-refractivity contribution is 0.0595. The molecule has 0 N–H and O–H groups in total. The SMILES string of the molecule is COC(=O)c1nc(-c2ccc(Cl)c(OC)c2F)nc2c1N(Cc1ccc(OC)cc1OC)C(C)N2Cc1ccc(OC)cc1C. The van der Waals surface area contributed by atoms with Gasteiger partial charge in [0.25, 0.3) is 0 Å². The maximum absolute atomic E-state index is 15.7. The van der Waals surface area contributed by atoms with Crippen molar-refractivity contribution in [1.29, 1.82) is 0 Å². The van der Waals surface area contributed by atoms with Crippen molar-refractivity contribution in [2.24, 2.45) is 0 Å². The zero-order valence-corrected chi connectivity index (χ0v) is 26.9. The molecular formula is C33H34ClFN4O6. The maximum Gasteiger partial charge on any atom is 0.359 e. The Kier molecular flexibility index (Phi) is 9.19. The van der Waals surface area contributed by atoms with E-state index < -0.39 is 11.8 Å². The van der Waals surface area contributed by atoms with Crippen molar-refractivity contribution in [2.45, 2.75) is 33.1 Å². The molecule has 1 atom stereocenters. The molecule has 1 aliphatic rings. The second-order valence-electron chi connectivity index (χ2n) is 10.4. The lowest BCUT2D eigenvalue weighted by Gasteiger charge is -2.30. The van der Waals surface area contributed by atoms with Gasteiger partial charge in [0.1, 0.15) is 29.1 Å². The van der Waals surface area contributed by atoms with Crippen LogP contribution in [0.5, 0.6) is 23.0 Å². The standard InChI is InChI=1S/C33H34ClFN4O6/c1-18-14-22(41-3)10-8-20(18)16-39-19(2)38(17-21-9-11-23(42-4)15-26(21)43-5)29-28(33(40)45-7)36-31(37-32(29)39)24-12-13-25(34)30(44-6)27(24)35/h8-15,19H,16-17H2,1-7H3. The number of carbonyl (C=O) groups excluding carboxylic acids is 1. The van der Waals surface area contributed by atoms with Crippen LogP contribution < -0.4 is 28.7 Å². The van der Waals surface area contributed by atoms with Crippen molar-refractivity contribution in [1.82, 2.24) is 9.97 Å². The van der Waals surface area contributed by atoms with Gasteiger partial charge in [0.2, 0.25) is 0 Å². The van der Waals surface area contributed by atoms with Crippen LogP contribution in [-0.4, -0.2) is 57.7 Å². The zero-order valence-electron chi connectivity index (χ0n) is 26.1. The molecule has 45 heavy (non-hydrogen) atoms. The molecule has 2 heterocycles. The lowest BCUT2D eigenvalue weighted by Crippen LogP contribution is -2.40. The summed E-state index contributed by atoms with van der Waals surface area (Å²) in [4.78, 5) is 26.9. The Morgan fingerprint density at radius 3 is 2.16 bits per heavy atom. The average Bonchev–Trinajstić information content (AvgIpc) is 3.31. The fourth-order valence-corrected chi connectivity index (χ4v) is 5.66. The molecule has 0 spiro atoms. The van der Waals surface area contributed by atoms with E-state index in [1.807, 2.05) is 54.0 Å². The zero-order chi connectivity index (χ0) is 32.4. The normalized spacial score (nSPS) is 13.8. The molecule has 1 aliphatic heterocycles. The van der Waals surface area contributed by atoms with Gasteiger partial charge in [0.15, 0.2) is 28.9 Å². The molecule has 12 heteroatoms. The lowest BCUT2D eigenvalue weighted by atomic mass is 10.1. The minimum atomic E-state index is -0.746. The summed E-state index contributed by atoms with van der Waals surface area (Å²) in [5, 5.41) is 0.0953. The molecular weight excluding hydrogens is 603 g/mol. The third-order valence-corrected chi connectivity index (χ3v) is 8.22. The summed E-state index contributed by atoms with van der Waals surface area (Å²) < 4.78 is 42.5. The third kappa shape index (κ3) is 5.87. The van der Waals surface area contributed by atoms with Crippen LogP contribution in [0.2, 0.25) is 5.02 Å². The molecule has 0 bridgehead atoms. The van der Waals surface area contributed by atoms with Crippen molar-refractivity contribution in [3.63, 3.8) is 0 Å². The van der Waals surface area contributed by atoms with Gasteiger partial charge in [-0.15, -0.1) is 0 Å². The molecule has 3 aromatic carbocycles. The van der Waals surface area contributed by atoms with Crippen LogP contribution in [0.3, 0.4) is 0 Å². The summed E-state index contributed by atoms with van der Waals surface area (Å²) in [6.07, 6.45) is -0.328. The predicted octanol–water partition coefficient (Wildman–Crippen LogP) is 6.44. The topological polar surface area (TPSA) is 95.5 Å². The number of ether oxygens (including phenoxy) is 5. The summed E-state index contributed by atoms with van der Waals surface area (Å²) in [6, 6.07) is 14.3. The van der Waals surface area contributed by atoms with E-state index in [4.69, 9.17) is 40.3 Å². The van der Waals surface area contributed by atoms with Gasteiger partial charge in [-0.2, -0.15) is 0 Å². The molecule has 0 saturated carbocycles. The minimum Gasteiger partial charge on any atom is -0.497 e. The Labute approximate surface area is 266 Å². The third-order valence-electron chi connectivity index (χ3n) is 7.93. The Hall–Kier alpha value is -4.77. The number of aryl methyl sites for hydroxylation is 1. The Morgan fingerprint density at radius 2 is 1.53 bits per heavy atom. The van der Waals surface area contributed by atoms with Crippen molar-refractivity contribution in [3.8, 4) is 34.4 Å². The quantitative estimate of drug-likeness (QED) is 0.181. The highest BCUT2D eigenvalue weighted by atomic mass is 35.5. The smallest absolute Gasteiger partial charge is 0.359 e. The van der Waals surface area contributed by atoms with Crippen LogP contribution in [0.4, 0.5) is 15.9 Å². The number of esters is 1. The van der Waals surface area contributed by atoms with Crippen LogP contribution in [-0.2, 0) is 17.8 Å². The van der Waals surface area contributed by atoms with Crippen LogP contribution in [0.15, 0.2) is 48.5 Å². The second kappa shape index (κ2) is 13.1. The first-order valence-electron chi connectivity index (χ1n) is 14.1. The number of hydrogen-bond donors (Lipinski definition) is 0. The molecule has 4 aromatic rings. The van der Waals surface area contributed by atoms with E-state index in [1.165, 1.54) is 26.4 Å². The summed E-state index contributed by atoms with van der Waals surface area (Å²) in [5.74, 6) is 0.819. The summed E-state index contributed by atoms with van der Waals surface area (Å²) in [5.41, 5.74) is 3.31. The van der Waals surface area contributed by atoms with Gasteiger partial charge in [-0.3, -0.25) is 0 Å². The van der Waals surface area contributed by atoms with E-state index in [9.17, 15) is 4.79 Å². The summed E-state index contributed by atoms with van der Waals surface area (Å²) in [6.45, 7) is 4.75. The highest BCUT2D eigenvalue weighted by Crippen LogP contribution is 2.45. The summed E-state index contributed by atoms with van der Waals surface area (Å²) in [7, 11) is 7.39. The van der Waals surface area contributed by atoms with E-state index in [2.05, 4.69) is 4.98 Å². The first kappa shape index (κ1) is 31.6. The van der Waals surface area contributed by atoms with Gasteiger partial charge in [0, 0.05) is 24.7 Å². The van der Waals surface area contributed by atoms with E-state index in [0.29, 0.717) is 36.1 Å². The Balaban J connectivity index is 1.72. The predicted molar refractivity (Wildman–Crippen MR) is 169 cm³/mol. The molecule has 0 radical (unpaired) electrons. The first-order chi connectivity index (χ1) is 21.6. The number of methoxy groups -OCH3 is 5. The van der Waals surface area contributed by atoms with Crippen molar-refractivity contribution in [2.75, 3.05) is 45.3 Å². The van der Waals surface area contributed by atoms with Gasteiger partial charge in [-0.25, -0.2) is 19.2 Å². The van der Waals surface area contributed by atoms with E-state index in [0.717, 1.165) is 22.4 Å². The number of rotatable bonds is 10.